The molecule has 0 aliphatic heterocycles. The number of carbonyl (C=O) groups excluding carboxylic acids is 1. The standard InChI is InChI=1S/C11H14F2N2O3/c1-3-7-4-5-8(9(6-7)17-2)18-11(12,13)10(16)15-14/h4-6H,3,14H2,1-2H3,(H,15,16). The van der Waals surface area contributed by atoms with Gasteiger partial charge in [0.2, 0.25) is 0 Å². The summed E-state index contributed by atoms with van der Waals surface area (Å²) in [7, 11) is 1.32. The number of hydrogen-bond acceptors (Lipinski definition) is 4. The van der Waals surface area contributed by atoms with E-state index in [9.17, 15) is 13.6 Å². The number of hydrogen-bond donors (Lipinski definition) is 2. The van der Waals surface area contributed by atoms with E-state index in [1.165, 1.54) is 18.6 Å². The number of halogens is 2. The summed E-state index contributed by atoms with van der Waals surface area (Å²) in [5.41, 5.74) is 2.23. The van der Waals surface area contributed by atoms with Crippen LogP contribution in [0, 0.1) is 0 Å². The van der Waals surface area contributed by atoms with Gasteiger partial charge in [0.25, 0.3) is 0 Å². The van der Waals surface area contributed by atoms with Crippen molar-refractivity contribution in [2.24, 2.45) is 5.84 Å². The van der Waals surface area contributed by atoms with E-state index in [1.54, 1.807) is 12.1 Å². The second-order valence-electron chi connectivity index (χ2n) is 3.43. The summed E-state index contributed by atoms with van der Waals surface area (Å²) < 4.78 is 35.7. The predicted molar refractivity (Wildman–Crippen MR) is 60.3 cm³/mol. The average Bonchev–Trinajstić information content (AvgIpc) is 2.37. The molecule has 0 aliphatic rings. The van der Waals surface area contributed by atoms with Crippen LogP contribution in [-0.4, -0.2) is 19.1 Å². The molecule has 3 N–H and O–H groups in total. The zero-order valence-electron chi connectivity index (χ0n) is 10.00. The molecule has 0 saturated heterocycles. The molecule has 0 spiro atoms. The second-order valence-corrected chi connectivity index (χ2v) is 3.43. The van der Waals surface area contributed by atoms with Crippen molar-refractivity contribution >= 4 is 5.91 Å². The first kappa shape index (κ1) is 14.2. The molecule has 1 amide bonds. The average molecular weight is 260 g/mol. The lowest BCUT2D eigenvalue weighted by Gasteiger charge is -2.18. The van der Waals surface area contributed by atoms with Gasteiger partial charge in [-0.3, -0.25) is 10.2 Å². The van der Waals surface area contributed by atoms with E-state index in [0.29, 0.717) is 0 Å². The quantitative estimate of drug-likeness (QED) is 0.474. The van der Waals surface area contributed by atoms with E-state index in [1.807, 2.05) is 6.92 Å². The second kappa shape index (κ2) is 5.63. The number of methoxy groups -OCH3 is 1. The fraction of sp³-hybridized carbons (Fsp3) is 0.364. The maximum atomic E-state index is 13.2. The van der Waals surface area contributed by atoms with Gasteiger partial charge in [0, 0.05) is 0 Å². The minimum absolute atomic E-state index is 0.124. The molecule has 18 heavy (non-hydrogen) atoms. The van der Waals surface area contributed by atoms with Gasteiger partial charge in [-0.15, -0.1) is 0 Å². The van der Waals surface area contributed by atoms with Crippen LogP contribution < -0.4 is 20.7 Å². The number of benzene rings is 1. The minimum atomic E-state index is -4.06. The van der Waals surface area contributed by atoms with Crippen LogP contribution in [0.2, 0.25) is 0 Å². The van der Waals surface area contributed by atoms with Gasteiger partial charge in [0.1, 0.15) is 0 Å². The number of rotatable bonds is 5. The van der Waals surface area contributed by atoms with Crippen molar-refractivity contribution < 1.29 is 23.0 Å². The number of carbonyl (C=O) groups is 1. The first-order valence-electron chi connectivity index (χ1n) is 5.19. The number of aryl methyl sites for hydroxylation is 1. The van der Waals surface area contributed by atoms with Gasteiger partial charge in [-0.1, -0.05) is 13.0 Å². The Bertz CT molecular complexity index is 438. The molecule has 0 fully saturated rings. The monoisotopic (exact) mass is 260 g/mol. The fourth-order valence-electron chi connectivity index (χ4n) is 1.28. The topological polar surface area (TPSA) is 73.6 Å². The van der Waals surface area contributed by atoms with Crippen molar-refractivity contribution in [3.05, 3.63) is 23.8 Å². The Morgan fingerprint density at radius 3 is 2.61 bits per heavy atom. The van der Waals surface area contributed by atoms with E-state index in [0.717, 1.165) is 12.0 Å². The molecule has 1 aromatic carbocycles. The smallest absolute Gasteiger partial charge is 0.483 e. The molecular weight excluding hydrogens is 246 g/mol. The van der Waals surface area contributed by atoms with Gasteiger partial charge >= 0.3 is 12.0 Å². The first-order valence-corrected chi connectivity index (χ1v) is 5.19. The van der Waals surface area contributed by atoms with Crippen LogP contribution in [0.4, 0.5) is 8.78 Å². The highest BCUT2D eigenvalue weighted by Crippen LogP contribution is 2.32. The summed E-state index contributed by atoms with van der Waals surface area (Å²) >= 11 is 0. The van der Waals surface area contributed by atoms with E-state index >= 15 is 0 Å². The van der Waals surface area contributed by atoms with Crippen molar-refractivity contribution in [1.29, 1.82) is 0 Å². The third-order valence-electron chi connectivity index (χ3n) is 2.27. The van der Waals surface area contributed by atoms with Gasteiger partial charge in [0.05, 0.1) is 7.11 Å². The fourth-order valence-corrected chi connectivity index (χ4v) is 1.28. The number of nitrogens with one attached hydrogen (secondary N) is 1. The van der Waals surface area contributed by atoms with Gasteiger partial charge < -0.3 is 9.47 Å². The number of amides is 1. The highest BCUT2D eigenvalue weighted by molar-refractivity contribution is 5.81. The molecule has 1 aromatic rings. The Morgan fingerprint density at radius 1 is 1.44 bits per heavy atom. The van der Waals surface area contributed by atoms with Crippen molar-refractivity contribution in [2.45, 2.75) is 19.5 Å². The molecule has 5 nitrogen and oxygen atoms in total. The van der Waals surface area contributed by atoms with Gasteiger partial charge in [-0.05, 0) is 24.1 Å². The lowest BCUT2D eigenvalue weighted by atomic mass is 10.1. The maximum Gasteiger partial charge on any atom is 0.483 e. The van der Waals surface area contributed by atoms with Crippen LogP contribution in [0.25, 0.3) is 0 Å². The van der Waals surface area contributed by atoms with E-state index in [-0.39, 0.29) is 11.5 Å². The van der Waals surface area contributed by atoms with Crippen molar-refractivity contribution in [1.82, 2.24) is 5.43 Å². The van der Waals surface area contributed by atoms with Gasteiger partial charge in [0.15, 0.2) is 11.5 Å². The van der Waals surface area contributed by atoms with Crippen LogP contribution in [0.5, 0.6) is 11.5 Å². The molecule has 0 bridgehead atoms. The molecule has 100 valence electrons. The normalized spacial score (nSPS) is 10.9. The van der Waals surface area contributed by atoms with E-state index in [2.05, 4.69) is 10.6 Å². The minimum Gasteiger partial charge on any atom is -0.493 e. The van der Waals surface area contributed by atoms with Crippen molar-refractivity contribution in [2.75, 3.05) is 7.11 Å². The third-order valence-corrected chi connectivity index (χ3v) is 2.27. The SMILES string of the molecule is CCc1ccc(OC(F)(F)C(=O)NN)c(OC)c1. The zero-order chi connectivity index (χ0) is 13.8. The Balaban J connectivity index is 3.00. The number of nitrogens with two attached hydrogens (primary N) is 1. The van der Waals surface area contributed by atoms with Crippen LogP contribution in [0.1, 0.15) is 12.5 Å². The van der Waals surface area contributed by atoms with Crippen LogP contribution in [0.3, 0.4) is 0 Å². The number of ether oxygens (including phenoxy) is 2. The molecular formula is C11H14F2N2O3. The summed E-state index contributed by atoms with van der Waals surface area (Å²) in [4.78, 5) is 10.8. The number of hydrazine groups is 1. The largest absolute Gasteiger partial charge is 0.493 e. The molecule has 0 aromatic heterocycles. The molecule has 0 radical (unpaired) electrons. The molecule has 0 unspecified atom stereocenters. The molecule has 0 saturated carbocycles. The molecule has 1 rings (SSSR count). The van der Waals surface area contributed by atoms with E-state index < -0.39 is 12.0 Å². The highest BCUT2D eigenvalue weighted by Gasteiger charge is 2.42. The highest BCUT2D eigenvalue weighted by atomic mass is 19.3. The Kier molecular flexibility index (Phi) is 4.43. The molecule has 0 aliphatic carbocycles. The van der Waals surface area contributed by atoms with E-state index in [4.69, 9.17) is 4.74 Å². The Morgan fingerprint density at radius 2 is 2.11 bits per heavy atom. The summed E-state index contributed by atoms with van der Waals surface area (Å²) in [5, 5.41) is 0. The summed E-state index contributed by atoms with van der Waals surface area (Å²) in [5.74, 6) is 2.80. The van der Waals surface area contributed by atoms with Crippen LogP contribution >= 0.6 is 0 Å². The molecule has 0 heterocycles. The lowest BCUT2D eigenvalue weighted by molar-refractivity contribution is -0.193. The Labute approximate surface area is 103 Å². The van der Waals surface area contributed by atoms with Crippen LogP contribution in [-0.2, 0) is 11.2 Å². The van der Waals surface area contributed by atoms with Gasteiger partial charge in [-0.2, -0.15) is 8.78 Å². The molecule has 0 atom stereocenters. The molecule has 7 heteroatoms. The zero-order valence-corrected chi connectivity index (χ0v) is 10.00. The predicted octanol–water partition coefficient (Wildman–Crippen LogP) is 1.22. The maximum absolute atomic E-state index is 13.2. The van der Waals surface area contributed by atoms with Crippen LogP contribution in [0.15, 0.2) is 18.2 Å². The third kappa shape index (κ3) is 3.07. The van der Waals surface area contributed by atoms with Crippen molar-refractivity contribution in [3.63, 3.8) is 0 Å². The summed E-state index contributed by atoms with van der Waals surface area (Å²) in [6.07, 6.45) is -3.34. The van der Waals surface area contributed by atoms with Gasteiger partial charge in [-0.25, -0.2) is 5.84 Å². The van der Waals surface area contributed by atoms with Crippen molar-refractivity contribution in [3.8, 4) is 11.5 Å². The summed E-state index contributed by atoms with van der Waals surface area (Å²) in [6, 6.07) is 4.48. The first-order chi connectivity index (χ1) is 8.44. The summed E-state index contributed by atoms with van der Waals surface area (Å²) in [6.45, 7) is 1.91. The lowest BCUT2D eigenvalue weighted by Crippen LogP contribution is -2.47. The number of alkyl halides is 2. The Hall–Kier alpha value is -1.89.